The van der Waals surface area contributed by atoms with Crippen LogP contribution in [0.2, 0.25) is 0 Å². The lowest BCUT2D eigenvalue weighted by Crippen LogP contribution is -2.31. The average Bonchev–Trinajstić information content (AvgIpc) is 2.21. The van der Waals surface area contributed by atoms with Crippen molar-refractivity contribution in [1.29, 1.82) is 0 Å². The summed E-state index contributed by atoms with van der Waals surface area (Å²) in [5.41, 5.74) is 10.2. The summed E-state index contributed by atoms with van der Waals surface area (Å²) in [6.45, 7) is 3.15. The number of hydrogen-bond acceptors (Lipinski definition) is 4. The van der Waals surface area contributed by atoms with Crippen LogP contribution in [-0.2, 0) is 4.74 Å². The third kappa shape index (κ3) is 2.70. The van der Waals surface area contributed by atoms with Crippen LogP contribution in [0, 0.1) is 0 Å². The van der Waals surface area contributed by atoms with Gasteiger partial charge in [0.15, 0.2) is 0 Å². The molecule has 0 aromatic heterocycles. The molecule has 0 heterocycles. The first kappa shape index (κ1) is 11.0. The maximum atomic E-state index is 5.82. The van der Waals surface area contributed by atoms with Gasteiger partial charge in [-0.15, -0.1) is 0 Å². The summed E-state index contributed by atoms with van der Waals surface area (Å²) >= 11 is 0. The fourth-order valence-corrected chi connectivity index (χ4v) is 1.29. The van der Waals surface area contributed by atoms with Crippen molar-refractivity contribution in [2.75, 3.05) is 18.9 Å². The zero-order valence-electron chi connectivity index (χ0n) is 8.36. The Bertz CT molecular complexity index is 278. The number of nitrogens with two attached hydrogens (primary N) is 2. The lowest BCUT2D eigenvalue weighted by molar-refractivity contribution is 0.123. The molecular formula is C10H17N3O. The predicted molar refractivity (Wildman–Crippen MR) is 57.4 cm³/mol. The van der Waals surface area contributed by atoms with Crippen molar-refractivity contribution in [1.82, 2.24) is 5.43 Å². The molecule has 0 spiro atoms. The lowest BCUT2D eigenvalue weighted by Gasteiger charge is -2.17. The molecule has 1 atom stereocenters. The molecule has 78 valence electrons. The summed E-state index contributed by atoms with van der Waals surface area (Å²) in [6.07, 6.45) is 0. The van der Waals surface area contributed by atoms with E-state index >= 15 is 0 Å². The summed E-state index contributed by atoms with van der Waals surface area (Å²) in [5, 5.41) is 0. The molecule has 14 heavy (non-hydrogen) atoms. The molecule has 0 saturated heterocycles. The van der Waals surface area contributed by atoms with Crippen molar-refractivity contribution < 1.29 is 4.74 Å². The summed E-state index contributed by atoms with van der Waals surface area (Å²) in [6, 6.07) is 7.58. The van der Waals surface area contributed by atoms with Gasteiger partial charge in [-0.3, -0.25) is 11.3 Å². The Balaban J connectivity index is 2.73. The standard InChI is InChI=1S/C10H17N3O/c1-2-14-7-10(13-12)8-5-3-4-6-9(8)11/h3-6,10,13H,2,7,11-12H2,1H3. The van der Waals surface area contributed by atoms with Gasteiger partial charge in [-0.2, -0.15) is 0 Å². The molecule has 0 radical (unpaired) electrons. The average molecular weight is 195 g/mol. The fraction of sp³-hybridized carbons (Fsp3) is 0.400. The Labute approximate surface area is 84.2 Å². The van der Waals surface area contributed by atoms with Crippen molar-refractivity contribution in [3.8, 4) is 0 Å². The van der Waals surface area contributed by atoms with Crippen LogP contribution in [0.3, 0.4) is 0 Å². The van der Waals surface area contributed by atoms with Crippen LogP contribution < -0.4 is 17.0 Å². The molecule has 1 aromatic rings. The fourth-order valence-electron chi connectivity index (χ4n) is 1.29. The quantitative estimate of drug-likeness (QED) is 0.369. The van der Waals surface area contributed by atoms with E-state index in [9.17, 15) is 0 Å². The van der Waals surface area contributed by atoms with Gasteiger partial charge in [-0.05, 0) is 18.6 Å². The van der Waals surface area contributed by atoms with E-state index in [0.717, 1.165) is 11.3 Å². The van der Waals surface area contributed by atoms with E-state index in [1.165, 1.54) is 0 Å². The molecule has 0 amide bonds. The van der Waals surface area contributed by atoms with E-state index in [4.69, 9.17) is 16.3 Å². The van der Waals surface area contributed by atoms with Crippen LogP contribution in [0.15, 0.2) is 24.3 Å². The van der Waals surface area contributed by atoms with Gasteiger partial charge in [0.2, 0.25) is 0 Å². The van der Waals surface area contributed by atoms with Gasteiger partial charge in [0.25, 0.3) is 0 Å². The largest absolute Gasteiger partial charge is 0.398 e. The van der Waals surface area contributed by atoms with Gasteiger partial charge < -0.3 is 10.5 Å². The smallest absolute Gasteiger partial charge is 0.0713 e. The van der Waals surface area contributed by atoms with Crippen molar-refractivity contribution >= 4 is 5.69 Å². The van der Waals surface area contributed by atoms with Crippen molar-refractivity contribution in [3.63, 3.8) is 0 Å². The third-order valence-corrected chi connectivity index (χ3v) is 2.06. The number of benzene rings is 1. The second kappa shape index (κ2) is 5.59. The number of anilines is 1. The lowest BCUT2D eigenvalue weighted by atomic mass is 10.1. The van der Waals surface area contributed by atoms with Crippen LogP contribution in [0.25, 0.3) is 0 Å². The summed E-state index contributed by atoms with van der Waals surface area (Å²) < 4.78 is 5.30. The minimum atomic E-state index is -0.0452. The zero-order chi connectivity index (χ0) is 10.4. The molecule has 0 aliphatic heterocycles. The number of nitrogens with one attached hydrogen (secondary N) is 1. The Morgan fingerprint density at radius 2 is 2.14 bits per heavy atom. The number of hydrogen-bond donors (Lipinski definition) is 3. The normalized spacial score (nSPS) is 12.7. The number of nitrogen functional groups attached to an aromatic ring is 1. The highest BCUT2D eigenvalue weighted by Gasteiger charge is 2.11. The van der Waals surface area contributed by atoms with E-state index < -0.39 is 0 Å². The highest BCUT2D eigenvalue weighted by atomic mass is 16.5. The van der Waals surface area contributed by atoms with Crippen LogP contribution in [-0.4, -0.2) is 13.2 Å². The first-order valence-corrected chi connectivity index (χ1v) is 4.67. The van der Waals surface area contributed by atoms with Gasteiger partial charge in [-0.1, -0.05) is 18.2 Å². The summed E-state index contributed by atoms with van der Waals surface area (Å²) in [5.74, 6) is 5.43. The van der Waals surface area contributed by atoms with E-state index in [1.807, 2.05) is 31.2 Å². The number of para-hydroxylation sites is 1. The van der Waals surface area contributed by atoms with E-state index in [1.54, 1.807) is 0 Å². The maximum Gasteiger partial charge on any atom is 0.0713 e. The Morgan fingerprint density at radius 3 is 2.71 bits per heavy atom. The molecule has 0 aliphatic rings. The third-order valence-electron chi connectivity index (χ3n) is 2.06. The molecule has 4 heteroatoms. The topological polar surface area (TPSA) is 73.3 Å². The van der Waals surface area contributed by atoms with Crippen molar-refractivity contribution in [2.24, 2.45) is 5.84 Å². The minimum absolute atomic E-state index is 0.0452. The predicted octanol–water partition coefficient (Wildman–Crippen LogP) is 0.810. The highest BCUT2D eigenvalue weighted by Crippen LogP contribution is 2.19. The molecule has 1 aromatic carbocycles. The first-order valence-electron chi connectivity index (χ1n) is 4.67. The monoisotopic (exact) mass is 195 g/mol. The minimum Gasteiger partial charge on any atom is -0.398 e. The van der Waals surface area contributed by atoms with E-state index in [0.29, 0.717) is 13.2 Å². The summed E-state index contributed by atoms with van der Waals surface area (Å²) in [7, 11) is 0. The molecule has 1 unspecified atom stereocenters. The van der Waals surface area contributed by atoms with Gasteiger partial charge in [0.1, 0.15) is 0 Å². The van der Waals surface area contributed by atoms with Gasteiger partial charge >= 0.3 is 0 Å². The second-order valence-corrected chi connectivity index (χ2v) is 3.01. The summed E-state index contributed by atoms with van der Waals surface area (Å²) in [4.78, 5) is 0. The Morgan fingerprint density at radius 1 is 1.43 bits per heavy atom. The van der Waals surface area contributed by atoms with Crippen molar-refractivity contribution in [3.05, 3.63) is 29.8 Å². The van der Waals surface area contributed by atoms with Crippen LogP contribution in [0.1, 0.15) is 18.5 Å². The Hall–Kier alpha value is -1.10. The molecule has 0 bridgehead atoms. The number of hydrazine groups is 1. The van der Waals surface area contributed by atoms with Gasteiger partial charge in [0.05, 0.1) is 12.6 Å². The zero-order valence-corrected chi connectivity index (χ0v) is 8.36. The van der Waals surface area contributed by atoms with Crippen LogP contribution >= 0.6 is 0 Å². The number of rotatable bonds is 5. The molecule has 0 saturated carbocycles. The Kier molecular flexibility index (Phi) is 4.39. The molecular weight excluding hydrogens is 178 g/mol. The molecule has 0 fully saturated rings. The van der Waals surface area contributed by atoms with E-state index in [-0.39, 0.29) is 6.04 Å². The van der Waals surface area contributed by atoms with Gasteiger partial charge in [-0.25, -0.2) is 0 Å². The second-order valence-electron chi connectivity index (χ2n) is 3.01. The SMILES string of the molecule is CCOCC(NN)c1ccccc1N. The molecule has 4 nitrogen and oxygen atoms in total. The maximum absolute atomic E-state index is 5.82. The molecule has 0 aliphatic carbocycles. The van der Waals surface area contributed by atoms with Crippen LogP contribution in [0.5, 0.6) is 0 Å². The highest BCUT2D eigenvalue weighted by molar-refractivity contribution is 5.48. The molecule has 1 rings (SSSR count). The molecule has 5 N–H and O–H groups in total. The van der Waals surface area contributed by atoms with Crippen LogP contribution in [0.4, 0.5) is 5.69 Å². The van der Waals surface area contributed by atoms with Gasteiger partial charge in [0, 0.05) is 12.3 Å². The first-order chi connectivity index (χ1) is 6.79. The van der Waals surface area contributed by atoms with Crippen molar-refractivity contribution in [2.45, 2.75) is 13.0 Å². The number of ether oxygens (including phenoxy) is 1. The van der Waals surface area contributed by atoms with E-state index in [2.05, 4.69) is 5.43 Å².